The first kappa shape index (κ1) is 14.4. The summed E-state index contributed by atoms with van der Waals surface area (Å²) >= 11 is 0. The molecule has 0 N–H and O–H groups in total. The molecule has 4 heteroatoms. The Morgan fingerprint density at radius 3 is 2.60 bits per heavy atom. The minimum absolute atomic E-state index is 0.333. The molecule has 15 heavy (non-hydrogen) atoms. The summed E-state index contributed by atoms with van der Waals surface area (Å²) in [5.74, 6) is 1.32. The zero-order chi connectivity index (χ0) is 11.5. The van der Waals surface area contributed by atoms with Gasteiger partial charge in [0.1, 0.15) is 6.10 Å². The molecule has 3 nitrogen and oxygen atoms in total. The van der Waals surface area contributed by atoms with E-state index in [1.165, 1.54) is 18.4 Å². The third-order valence-corrected chi connectivity index (χ3v) is 3.41. The van der Waals surface area contributed by atoms with E-state index in [4.69, 9.17) is 14.3 Å². The zero-order valence-electron chi connectivity index (χ0n) is 9.62. The van der Waals surface area contributed by atoms with E-state index in [9.17, 15) is 0 Å². The Morgan fingerprint density at radius 1 is 1.60 bits per heavy atom. The van der Waals surface area contributed by atoms with Gasteiger partial charge in [0.25, 0.3) is 0 Å². The van der Waals surface area contributed by atoms with Gasteiger partial charge in [-0.3, -0.25) is 0 Å². The maximum Gasteiger partial charge on any atom is 0.176 e. The molecule has 1 aliphatic heterocycles. The second-order valence-electron chi connectivity index (χ2n) is 3.85. The Hall–Kier alpha value is -0.633. The first-order valence-corrected chi connectivity index (χ1v) is 8.41. The molecular weight excluding hydrogens is 208 g/mol. The van der Waals surface area contributed by atoms with E-state index in [2.05, 4.69) is 19.7 Å². The molecule has 0 saturated carbocycles. The lowest BCUT2D eigenvalue weighted by Gasteiger charge is -2.03. The Morgan fingerprint density at radius 2 is 2.20 bits per heavy atom. The van der Waals surface area contributed by atoms with Gasteiger partial charge < -0.3 is 9.47 Å². The molecule has 0 aromatic heterocycles. The summed E-state index contributed by atoms with van der Waals surface area (Å²) in [7, 11) is -0.333. The van der Waals surface area contributed by atoms with E-state index in [0.29, 0.717) is 6.10 Å². The average Bonchev–Trinajstić information content (AvgIpc) is 3.01. The number of hydrogen-bond donors (Lipinski definition) is 0. The van der Waals surface area contributed by atoms with Crippen LogP contribution >= 0.6 is 0 Å². The maximum atomic E-state index is 8.88. The van der Waals surface area contributed by atoms with Crippen molar-refractivity contribution in [1.82, 2.24) is 0 Å². The lowest BCUT2D eigenvalue weighted by molar-refractivity contribution is 0.117. The van der Waals surface area contributed by atoms with Gasteiger partial charge in [-0.15, -0.1) is 0 Å². The number of carbonyl (C=O) groups excluding carboxylic acids is 1. The highest BCUT2D eigenvalue weighted by Crippen LogP contribution is 2.08. The van der Waals surface area contributed by atoms with Crippen molar-refractivity contribution in [3.05, 3.63) is 12.3 Å². The van der Waals surface area contributed by atoms with Crippen molar-refractivity contribution < 1.29 is 14.3 Å². The highest BCUT2D eigenvalue weighted by molar-refractivity contribution is 6.55. The van der Waals surface area contributed by atoms with Crippen molar-refractivity contribution in [3.8, 4) is 0 Å². The van der Waals surface area contributed by atoms with Crippen molar-refractivity contribution in [2.45, 2.75) is 31.7 Å². The van der Waals surface area contributed by atoms with Gasteiger partial charge >= 0.3 is 0 Å². The van der Waals surface area contributed by atoms with Crippen LogP contribution in [0.3, 0.4) is 0 Å². The zero-order valence-corrected chi connectivity index (χ0v) is 10.8. The van der Waals surface area contributed by atoms with Gasteiger partial charge in [-0.2, -0.15) is 0 Å². The molecule has 1 unspecified atom stereocenters. The molecule has 1 aliphatic rings. The van der Waals surface area contributed by atoms with Crippen LogP contribution in [0.25, 0.3) is 0 Å². The molecule has 1 saturated heterocycles. The van der Waals surface area contributed by atoms with Crippen LogP contribution in [0.15, 0.2) is 12.3 Å². The number of rotatable bonds is 6. The van der Waals surface area contributed by atoms with Crippen LogP contribution in [-0.4, -0.2) is 40.7 Å². The largest absolute Gasteiger partial charge is 0.379 e. The molecule has 86 valence electrons. The van der Waals surface area contributed by atoms with Crippen molar-refractivity contribution in [1.29, 1.82) is 0 Å². The highest BCUT2D eigenvalue weighted by Gasteiger charge is 2.21. The monoisotopic (exact) mass is 228 g/mol. The van der Waals surface area contributed by atoms with Crippen molar-refractivity contribution in [2.24, 2.45) is 0 Å². The molecule has 0 spiro atoms. The first-order valence-electron chi connectivity index (χ1n) is 5.29. The van der Waals surface area contributed by atoms with Crippen LogP contribution < -0.4 is 0 Å². The fraction of sp³-hybridized carbons (Fsp3) is 0.727. The summed E-state index contributed by atoms with van der Waals surface area (Å²) in [6.45, 7) is 10.4. The fourth-order valence-corrected chi connectivity index (χ4v) is 1.96. The standard InChI is InChI=1S/C8H18O2Si.C3H2O/c1-11(2)5-3-4-9-6-8-7-10-8;1-2-3-4/h8,11H,3-7H2,1-2H3;1H2. The quantitative estimate of drug-likeness (QED) is 0.227. The van der Waals surface area contributed by atoms with E-state index < -0.39 is 0 Å². The number of hydrogen-bond acceptors (Lipinski definition) is 3. The molecule has 0 amide bonds. The average molecular weight is 228 g/mol. The van der Waals surface area contributed by atoms with Gasteiger partial charge in [0.2, 0.25) is 0 Å². The van der Waals surface area contributed by atoms with Crippen LogP contribution in [0.1, 0.15) is 6.42 Å². The third-order valence-electron chi connectivity index (χ3n) is 1.85. The van der Waals surface area contributed by atoms with Crippen molar-refractivity contribution in [2.75, 3.05) is 19.8 Å². The van der Waals surface area contributed by atoms with Gasteiger partial charge in [-0.05, 0) is 18.7 Å². The van der Waals surface area contributed by atoms with Crippen molar-refractivity contribution >= 4 is 14.7 Å². The van der Waals surface area contributed by atoms with Gasteiger partial charge in [-0.1, -0.05) is 19.1 Å². The molecular formula is C11H20O3Si. The summed E-state index contributed by atoms with van der Waals surface area (Å²) in [4.78, 5) is 8.88. The smallest absolute Gasteiger partial charge is 0.176 e. The minimum atomic E-state index is -0.333. The normalized spacial score (nSPS) is 17.4. The molecule has 0 aliphatic carbocycles. The molecule has 0 radical (unpaired) electrons. The van der Waals surface area contributed by atoms with Gasteiger partial charge in [0.05, 0.1) is 13.2 Å². The van der Waals surface area contributed by atoms with Crippen LogP contribution in [0.5, 0.6) is 0 Å². The first-order chi connectivity index (χ1) is 7.20. The molecule has 0 bridgehead atoms. The summed E-state index contributed by atoms with van der Waals surface area (Å²) < 4.78 is 10.4. The van der Waals surface area contributed by atoms with E-state index in [0.717, 1.165) is 19.8 Å². The van der Waals surface area contributed by atoms with Crippen LogP contribution in [0, 0.1) is 0 Å². The third kappa shape index (κ3) is 13.4. The fourth-order valence-electron chi connectivity index (χ4n) is 0.973. The van der Waals surface area contributed by atoms with Gasteiger partial charge in [-0.25, -0.2) is 4.79 Å². The summed E-state index contributed by atoms with van der Waals surface area (Å²) in [5, 5.41) is 0. The number of epoxide rings is 1. The van der Waals surface area contributed by atoms with E-state index >= 15 is 0 Å². The Bertz CT molecular complexity index is 200. The van der Waals surface area contributed by atoms with Gasteiger partial charge in [0.15, 0.2) is 5.94 Å². The van der Waals surface area contributed by atoms with Crippen LogP contribution in [-0.2, 0) is 14.3 Å². The lowest BCUT2D eigenvalue weighted by atomic mass is 10.5. The second kappa shape index (κ2) is 9.90. The molecule has 1 heterocycles. The number of ether oxygens (including phenoxy) is 2. The van der Waals surface area contributed by atoms with Crippen LogP contribution in [0.2, 0.25) is 19.1 Å². The SMILES string of the molecule is C=C=C=O.C[SiH](C)CCCOCC1CO1. The summed E-state index contributed by atoms with van der Waals surface area (Å²) in [6.07, 6.45) is 1.68. The van der Waals surface area contributed by atoms with Crippen molar-refractivity contribution in [3.63, 3.8) is 0 Å². The maximum absolute atomic E-state index is 8.88. The van der Waals surface area contributed by atoms with E-state index in [-0.39, 0.29) is 8.80 Å². The molecule has 0 aromatic carbocycles. The predicted octanol–water partition coefficient (Wildman–Crippen LogP) is 1.44. The Balaban J connectivity index is 0.000000423. The van der Waals surface area contributed by atoms with E-state index in [1.54, 1.807) is 0 Å². The Kier molecular flexibility index (Phi) is 9.49. The predicted molar refractivity (Wildman–Crippen MR) is 63.7 cm³/mol. The topological polar surface area (TPSA) is 38.8 Å². The second-order valence-corrected chi connectivity index (χ2v) is 7.21. The molecule has 1 fully saturated rings. The Labute approximate surface area is 93.4 Å². The van der Waals surface area contributed by atoms with E-state index in [1.807, 2.05) is 5.73 Å². The minimum Gasteiger partial charge on any atom is -0.379 e. The summed E-state index contributed by atoms with van der Waals surface area (Å²) in [6, 6.07) is 1.41. The summed E-state index contributed by atoms with van der Waals surface area (Å²) in [5.41, 5.74) is 1.88. The van der Waals surface area contributed by atoms with Crippen LogP contribution in [0.4, 0.5) is 0 Å². The highest BCUT2D eigenvalue weighted by atomic mass is 28.3. The molecule has 1 rings (SSSR count). The molecule has 1 atom stereocenters. The molecule has 0 aromatic rings. The van der Waals surface area contributed by atoms with Gasteiger partial charge in [0, 0.05) is 15.4 Å². The lowest BCUT2D eigenvalue weighted by Crippen LogP contribution is -2.05.